The largest absolute Gasteiger partial charge is 0.363 e. The molecule has 0 saturated heterocycles. The maximum absolute atomic E-state index is 11.5. The summed E-state index contributed by atoms with van der Waals surface area (Å²) in [6, 6.07) is 0.142. The summed E-state index contributed by atoms with van der Waals surface area (Å²) in [4.78, 5) is 11.5. The van der Waals surface area contributed by atoms with Crippen LogP contribution in [0.15, 0.2) is 17.0 Å². The van der Waals surface area contributed by atoms with E-state index >= 15 is 0 Å². The van der Waals surface area contributed by atoms with E-state index in [0.717, 1.165) is 12.8 Å². The minimum absolute atomic E-state index is 0.176. The third kappa shape index (κ3) is 2.97. The number of urea groups is 1. The number of nitrogens with one attached hydrogen (secondary N) is 2. The number of carbonyl (C=O) groups excluding carboxylic acids is 1. The van der Waals surface area contributed by atoms with E-state index < -0.39 is 0 Å². The number of hydrogen-bond acceptors (Lipinski definition) is 3. The van der Waals surface area contributed by atoms with Crippen molar-refractivity contribution in [1.82, 2.24) is 10.5 Å². The first-order valence-electron chi connectivity index (χ1n) is 5.31. The van der Waals surface area contributed by atoms with E-state index in [1.807, 2.05) is 0 Å². The standard InChI is InChI=1S/C10H15N3O2/c14-10(13-9-6-11-15-7-9)12-8-4-2-1-3-5-8/h6-8H,1-5H2,(H2,12,13,14). The quantitative estimate of drug-likeness (QED) is 0.784. The van der Waals surface area contributed by atoms with Crippen molar-refractivity contribution in [2.75, 3.05) is 5.32 Å². The van der Waals surface area contributed by atoms with Crippen molar-refractivity contribution in [2.24, 2.45) is 0 Å². The summed E-state index contributed by atoms with van der Waals surface area (Å²) in [6.45, 7) is 0. The van der Waals surface area contributed by atoms with Crippen LogP contribution in [0.25, 0.3) is 0 Å². The van der Waals surface area contributed by atoms with Gasteiger partial charge in [-0.15, -0.1) is 0 Å². The Morgan fingerprint density at radius 3 is 2.87 bits per heavy atom. The molecule has 1 saturated carbocycles. The fourth-order valence-electron chi connectivity index (χ4n) is 1.87. The molecule has 0 aliphatic heterocycles. The molecule has 0 atom stereocenters. The Morgan fingerprint density at radius 1 is 1.40 bits per heavy atom. The highest BCUT2D eigenvalue weighted by molar-refractivity contribution is 5.88. The fourth-order valence-corrected chi connectivity index (χ4v) is 1.87. The topological polar surface area (TPSA) is 67.2 Å². The van der Waals surface area contributed by atoms with Gasteiger partial charge in [0.15, 0.2) is 0 Å². The molecule has 2 amide bonds. The second-order valence-electron chi connectivity index (χ2n) is 3.85. The molecule has 1 aromatic rings. The lowest BCUT2D eigenvalue weighted by Crippen LogP contribution is -2.38. The molecule has 0 unspecified atom stereocenters. The molecule has 2 rings (SSSR count). The monoisotopic (exact) mass is 209 g/mol. The number of hydrogen-bond donors (Lipinski definition) is 2. The minimum atomic E-state index is -0.176. The number of carbonyl (C=O) groups is 1. The van der Waals surface area contributed by atoms with Crippen molar-refractivity contribution >= 4 is 11.7 Å². The molecule has 1 aromatic heterocycles. The van der Waals surface area contributed by atoms with Crippen LogP contribution in [0, 0.1) is 0 Å². The average Bonchev–Trinajstić information content (AvgIpc) is 2.71. The van der Waals surface area contributed by atoms with Crippen LogP contribution in [-0.4, -0.2) is 17.2 Å². The Morgan fingerprint density at radius 2 is 2.20 bits per heavy atom. The van der Waals surface area contributed by atoms with E-state index in [-0.39, 0.29) is 6.03 Å². The van der Waals surface area contributed by atoms with E-state index in [2.05, 4.69) is 20.3 Å². The Hall–Kier alpha value is -1.52. The van der Waals surface area contributed by atoms with Crippen molar-refractivity contribution in [3.8, 4) is 0 Å². The average molecular weight is 209 g/mol. The number of nitrogens with zero attached hydrogens (tertiary/aromatic N) is 1. The summed E-state index contributed by atoms with van der Waals surface area (Å²) < 4.78 is 4.61. The van der Waals surface area contributed by atoms with E-state index in [4.69, 9.17) is 0 Å². The van der Waals surface area contributed by atoms with Gasteiger partial charge in [0.05, 0.1) is 6.20 Å². The molecule has 5 nitrogen and oxygen atoms in total. The Balaban J connectivity index is 1.76. The van der Waals surface area contributed by atoms with Crippen LogP contribution >= 0.6 is 0 Å². The van der Waals surface area contributed by atoms with Gasteiger partial charge in [-0.2, -0.15) is 0 Å². The third-order valence-corrected chi connectivity index (χ3v) is 2.63. The summed E-state index contributed by atoms with van der Waals surface area (Å²) in [5.41, 5.74) is 0.586. The van der Waals surface area contributed by atoms with E-state index in [1.54, 1.807) is 0 Å². The minimum Gasteiger partial charge on any atom is -0.363 e. The maximum atomic E-state index is 11.5. The van der Waals surface area contributed by atoms with Crippen LogP contribution in [0.5, 0.6) is 0 Å². The normalized spacial score (nSPS) is 17.3. The zero-order valence-electron chi connectivity index (χ0n) is 8.53. The molecule has 0 bridgehead atoms. The van der Waals surface area contributed by atoms with Gasteiger partial charge < -0.3 is 15.2 Å². The number of aromatic nitrogens is 1. The van der Waals surface area contributed by atoms with Gasteiger partial charge in [0.2, 0.25) is 0 Å². The lowest BCUT2D eigenvalue weighted by atomic mass is 9.96. The smallest absolute Gasteiger partial charge is 0.319 e. The molecule has 0 spiro atoms. The Labute approximate surface area is 88.2 Å². The summed E-state index contributed by atoms with van der Waals surface area (Å²) in [5.74, 6) is 0. The lowest BCUT2D eigenvalue weighted by molar-refractivity contribution is 0.244. The molecule has 1 fully saturated rings. The molecule has 15 heavy (non-hydrogen) atoms. The molecule has 0 aromatic carbocycles. The highest BCUT2D eigenvalue weighted by Crippen LogP contribution is 2.17. The van der Waals surface area contributed by atoms with Crippen molar-refractivity contribution in [2.45, 2.75) is 38.1 Å². The molecule has 0 radical (unpaired) electrons. The molecule has 5 heteroatoms. The second-order valence-corrected chi connectivity index (χ2v) is 3.85. The van der Waals surface area contributed by atoms with Crippen molar-refractivity contribution in [3.63, 3.8) is 0 Å². The molecule has 2 N–H and O–H groups in total. The zero-order valence-corrected chi connectivity index (χ0v) is 8.53. The van der Waals surface area contributed by atoms with Gasteiger partial charge >= 0.3 is 6.03 Å². The Bertz CT molecular complexity index is 304. The molecule has 1 heterocycles. The van der Waals surface area contributed by atoms with Gasteiger partial charge in [0.1, 0.15) is 12.0 Å². The molecule has 82 valence electrons. The van der Waals surface area contributed by atoms with Crippen molar-refractivity contribution in [1.29, 1.82) is 0 Å². The third-order valence-electron chi connectivity index (χ3n) is 2.63. The van der Waals surface area contributed by atoms with Crippen LogP contribution < -0.4 is 10.6 Å². The van der Waals surface area contributed by atoms with Gasteiger partial charge in [-0.1, -0.05) is 24.4 Å². The second kappa shape index (κ2) is 4.82. The molecular formula is C10H15N3O2. The summed E-state index contributed by atoms with van der Waals surface area (Å²) in [7, 11) is 0. The van der Waals surface area contributed by atoms with Gasteiger partial charge in [-0.05, 0) is 12.8 Å². The predicted octanol–water partition coefficient (Wildman–Crippen LogP) is 2.13. The van der Waals surface area contributed by atoms with Crippen LogP contribution in [0.1, 0.15) is 32.1 Å². The van der Waals surface area contributed by atoms with E-state index in [0.29, 0.717) is 11.7 Å². The van der Waals surface area contributed by atoms with Gasteiger partial charge in [0, 0.05) is 6.04 Å². The first kappa shape index (κ1) is 10.0. The van der Waals surface area contributed by atoms with Gasteiger partial charge in [0.25, 0.3) is 0 Å². The summed E-state index contributed by atoms with van der Waals surface area (Å²) in [6.07, 6.45) is 8.73. The SMILES string of the molecule is O=C(Nc1cnoc1)NC1CCCCC1. The van der Waals surface area contributed by atoms with Crippen molar-refractivity contribution in [3.05, 3.63) is 12.5 Å². The Kier molecular flexibility index (Phi) is 3.22. The van der Waals surface area contributed by atoms with E-state index in [9.17, 15) is 4.79 Å². The number of amides is 2. The molecule has 1 aliphatic carbocycles. The number of anilines is 1. The van der Waals surface area contributed by atoms with Gasteiger partial charge in [-0.3, -0.25) is 0 Å². The fraction of sp³-hybridized carbons (Fsp3) is 0.600. The van der Waals surface area contributed by atoms with Crippen LogP contribution in [0.4, 0.5) is 10.5 Å². The van der Waals surface area contributed by atoms with E-state index in [1.165, 1.54) is 31.7 Å². The number of rotatable bonds is 2. The predicted molar refractivity (Wildman–Crippen MR) is 55.5 cm³/mol. The van der Waals surface area contributed by atoms with Crippen LogP contribution in [-0.2, 0) is 0 Å². The summed E-state index contributed by atoms with van der Waals surface area (Å²) in [5, 5.41) is 9.11. The lowest BCUT2D eigenvalue weighted by Gasteiger charge is -2.22. The van der Waals surface area contributed by atoms with Crippen molar-refractivity contribution < 1.29 is 9.32 Å². The van der Waals surface area contributed by atoms with Crippen LogP contribution in [0.3, 0.4) is 0 Å². The zero-order chi connectivity index (χ0) is 10.5. The highest BCUT2D eigenvalue weighted by atomic mass is 16.5. The molecule has 1 aliphatic rings. The molecular weight excluding hydrogens is 194 g/mol. The first-order chi connectivity index (χ1) is 7.34. The first-order valence-corrected chi connectivity index (χ1v) is 5.31. The maximum Gasteiger partial charge on any atom is 0.319 e. The highest BCUT2D eigenvalue weighted by Gasteiger charge is 2.15. The van der Waals surface area contributed by atoms with Gasteiger partial charge in [-0.25, -0.2) is 4.79 Å². The van der Waals surface area contributed by atoms with Crippen LogP contribution in [0.2, 0.25) is 0 Å². The summed E-state index contributed by atoms with van der Waals surface area (Å²) >= 11 is 0.